The standard InChI is InChI=1S/C19H26N6O2/c1-2-17-21-5-7-25(17)18-13-20-12-15(22-18)16-4-3-6-24(16)14-19(26)23-8-10-27-11-9-23/h5,7,12-13,16H,2-4,6,8-11,14H2,1H3. The summed E-state index contributed by atoms with van der Waals surface area (Å²) < 4.78 is 7.33. The van der Waals surface area contributed by atoms with Gasteiger partial charge in [0.1, 0.15) is 5.82 Å². The van der Waals surface area contributed by atoms with Crippen LogP contribution in [0.25, 0.3) is 5.82 Å². The van der Waals surface area contributed by atoms with Gasteiger partial charge >= 0.3 is 0 Å². The monoisotopic (exact) mass is 370 g/mol. The predicted molar refractivity (Wildman–Crippen MR) is 99.5 cm³/mol. The molecule has 144 valence electrons. The molecule has 0 spiro atoms. The van der Waals surface area contributed by atoms with Crippen LogP contribution < -0.4 is 0 Å². The van der Waals surface area contributed by atoms with Gasteiger partial charge in [-0.05, 0) is 19.4 Å². The molecule has 1 unspecified atom stereocenters. The van der Waals surface area contributed by atoms with Crippen LogP contribution in [0.15, 0.2) is 24.8 Å². The molecule has 4 rings (SSSR count). The predicted octanol–water partition coefficient (Wildman–Crippen LogP) is 1.22. The van der Waals surface area contributed by atoms with Crippen molar-refractivity contribution in [2.75, 3.05) is 39.4 Å². The average Bonchev–Trinajstić information content (AvgIpc) is 3.38. The lowest BCUT2D eigenvalue weighted by molar-refractivity contribution is -0.136. The van der Waals surface area contributed by atoms with E-state index in [1.807, 2.05) is 21.9 Å². The van der Waals surface area contributed by atoms with Crippen molar-refractivity contribution in [3.05, 3.63) is 36.3 Å². The lowest BCUT2D eigenvalue weighted by atomic mass is 10.1. The summed E-state index contributed by atoms with van der Waals surface area (Å²) in [5.41, 5.74) is 0.926. The molecule has 8 heteroatoms. The van der Waals surface area contributed by atoms with Crippen LogP contribution in [0.2, 0.25) is 0 Å². The SMILES string of the molecule is CCc1nccn1-c1cncc(C2CCCN2CC(=O)N2CCOCC2)n1. The molecule has 2 fully saturated rings. The maximum Gasteiger partial charge on any atom is 0.236 e. The van der Waals surface area contributed by atoms with Gasteiger partial charge in [-0.15, -0.1) is 0 Å². The first kappa shape index (κ1) is 18.1. The van der Waals surface area contributed by atoms with E-state index in [-0.39, 0.29) is 11.9 Å². The fourth-order valence-electron chi connectivity index (χ4n) is 3.89. The molecule has 2 aromatic rings. The lowest BCUT2D eigenvalue weighted by Crippen LogP contribution is -2.45. The molecule has 8 nitrogen and oxygen atoms in total. The van der Waals surface area contributed by atoms with E-state index < -0.39 is 0 Å². The first-order valence-electron chi connectivity index (χ1n) is 9.70. The van der Waals surface area contributed by atoms with Crippen LogP contribution in [0, 0.1) is 0 Å². The average molecular weight is 370 g/mol. The van der Waals surface area contributed by atoms with Gasteiger partial charge in [0, 0.05) is 31.9 Å². The highest BCUT2D eigenvalue weighted by Gasteiger charge is 2.30. The van der Waals surface area contributed by atoms with Crippen molar-refractivity contribution < 1.29 is 9.53 Å². The van der Waals surface area contributed by atoms with E-state index in [0.717, 1.165) is 43.1 Å². The molecule has 1 amide bonds. The Hall–Kier alpha value is -2.32. The van der Waals surface area contributed by atoms with E-state index in [1.54, 1.807) is 12.4 Å². The van der Waals surface area contributed by atoms with Gasteiger partial charge in [0.25, 0.3) is 0 Å². The van der Waals surface area contributed by atoms with Crippen LogP contribution in [0.1, 0.15) is 37.3 Å². The topological polar surface area (TPSA) is 76.4 Å². The van der Waals surface area contributed by atoms with Crippen molar-refractivity contribution >= 4 is 5.91 Å². The molecule has 0 radical (unpaired) electrons. The van der Waals surface area contributed by atoms with E-state index in [0.29, 0.717) is 32.8 Å². The van der Waals surface area contributed by atoms with Gasteiger partial charge in [-0.3, -0.25) is 19.2 Å². The molecular weight excluding hydrogens is 344 g/mol. The number of aromatic nitrogens is 4. The van der Waals surface area contributed by atoms with Crippen molar-refractivity contribution in [3.8, 4) is 5.82 Å². The molecular formula is C19H26N6O2. The van der Waals surface area contributed by atoms with Crippen LogP contribution in [0.3, 0.4) is 0 Å². The number of carbonyl (C=O) groups is 1. The number of hydrogen-bond donors (Lipinski definition) is 0. The normalized spacial score (nSPS) is 20.9. The van der Waals surface area contributed by atoms with Crippen molar-refractivity contribution in [2.45, 2.75) is 32.2 Å². The lowest BCUT2D eigenvalue weighted by Gasteiger charge is -2.30. The fraction of sp³-hybridized carbons (Fsp3) is 0.579. The Morgan fingerprint density at radius 1 is 1.26 bits per heavy atom. The molecule has 0 N–H and O–H groups in total. The molecule has 2 saturated heterocycles. The largest absolute Gasteiger partial charge is 0.378 e. The first-order chi connectivity index (χ1) is 13.3. The Kier molecular flexibility index (Phi) is 5.45. The minimum Gasteiger partial charge on any atom is -0.378 e. The molecule has 0 aliphatic carbocycles. The number of morpholine rings is 1. The maximum absolute atomic E-state index is 12.6. The number of amides is 1. The highest BCUT2D eigenvalue weighted by atomic mass is 16.5. The Labute approximate surface area is 159 Å². The second-order valence-electron chi connectivity index (χ2n) is 6.99. The van der Waals surface area contributed by atoms with Crippen LogP contribution in [0.5, 0.6) is 0 Å². The Bertz CT molecular complexity index is 786. The summed E-state index contributed by atoms with van der Waals surface area (Å²) >= 11 is 0. The first-order valence-corrected chi connectivity index (χ1v) is 9.70. The third kappa shape index (κ3) is 3.86. The summed E-state index contributed by atoms with van der Waals surface area (Å²) in [4.78, 5) is 30.4. The summed E-state index contributed by atoms with van der Waals surface area (Å²) in [5.74, 6) is 1.93. The molecule has 1 atom stereocenters. The van der Waals surface area contributed by atoms with Gasteiger partial charge < -0.3 is 9.64 Å². The van der Waals surface area contributed by atoms with E-state index in [1.165, 1.54) is 0 Å². The van der Waals surface area contributed by atoms with E-state index in [4.69, 9.17) is 9.72 Å². The smallest absolute Gasteiger partial charge is 0.236 e. The number of imidazole rings is 1. The number of rotatable bonds is 5. The Morgan fingerprint density at radius 2 is 2.11 bits per heavy atom. The zero-order valence-electron chi connectivity index (χ0n) is 15.8. The van der Waals surface area contributed by atoms with E-state index in [2.05, 4.69) is 21.8 Å². The van der Waals surface area contributed by atoms with Crippen LogP contribution in [-0.2, 0) is 16.0 Å². The number of ether oxygens (including phenoxy) is 1. The number of aryl methyl sites for hydroxylation is 1. The van der Waals surface area contributed by atoms with Gasteiger partial charge in [-0.25, -0.2) is 9.97 Å². The zero-order chi connectivity index (χ0) is 18.6. The summed E-state index contributed by atoms with van der Waals surface area (Å²) in [6.45, 7) is 6.06. The third-order valence-corrected chi connectivity index (χ3v) is 5.33. The third-order valence-electron chi connectivity index (χ3n) is 5.33. The number of hydrogen-bond acceptors (Lipinski definition) is 6. The van der Waals surface area contributed by atoms with Gasteiger partial charge in [0.05, 0.1) is 43.9 Å². The second-order valence-corrected chi connectivity index (χ2v) is 6.99. The summed E-state index contributed by atoms with van der Waals surface area (Å²) in [5, 5.41) is 0. The van der Waals surface area contributed by atoms with Crippen LogP contribution >= 0.6 is 0 Å². The van der Waals surface area contributed by atoms with Crippen molar-refractivity contribution in [3.63, 3.8) is 0 Å². The van der Waals surface area contributed by atoms with Crippen LogP contribution in [0.4, 0.5) is 0 Å². The van der Waals surface area contributed by atoms with Gasteiger partial charge in [0.2, 0.25) is 5.91 Å². The highest BCUT2D eigenvalue weighted by Crippen LogP contribution is 2.30. The molecule has 2 aromatic heterocycles. The Morgan fingerprint density at radius 3 is 2.93 bits per heavy atom. The highest BCUT2D eigenvalue weighted by molar-refractivity contribution is 5.78. The number of likely N-dealkylation sites (tertiary alicyclic amines) is 1. The van der Waals surface area contributed by atoms with Gasteiger partial charge in [-0.2, -0.15) is 0 Å². The van der Waals surface area contributed by atoms with Crippen molar-refractivity contribution in [2.24, 2.45) is 0 Å². The second kappa shape index (κ2) is 8.14. The van der Waals surface area contributed by atoms with Crippen molar-refractivity contribution in [1.82, 2.24) is 29.3 Å². The molecule has 0 saturated carbocycles. The molecule has 4 heterocycles. The number of carbonyl (C=O) groups excluding carboxylic acids is 1. The van der Waals surface area contributed by atoms with Gasteiger partial charge in [-0.1, -0.05) is 6.92 Å². The molecule has 0 aromatic carbocycles. The fourth-order valence-corrected chi connectivity index (χ4v) is 3.89. The Balaban J connectivity index is 1.50. The summed E-state index contributed by atoms with van der Waals surface area (Å²) in [7, 11) is 0. The van der Waals surface area contributed by atoms with Gasteiger partial charge in [0.15, 0.2) is 5.82 Å². The van der Waals surface area contributed by atoms with Crippen LogP contribution in [-0.4, -0.2) is 74.6 Å². The molecule has 0 bridgehead atoms. The minimum atomic E-state index is 0.135. The molecule has 2 aliphatic rings. The van der Waals surface area contributed by atoms with Crippen molar-refractivity contribution in [1.29, 1.82) is 0 Å². The maximum atomic E-state index is 12.6. The quantitative estimate of drug-likeness (QED) is 0.788. The molecule has 27 heavy (non-hydrogen) atoms. The number of nitrogens with zero attached hydrogens (tertiary/aromatic N) is 6. The summed E-state index contributed by atoms with van der Waals surface area (Å²) in [6.07, 6.45) is 10.2. The summed E-state index contributed by atoms with van der Waals surface area (Å²) in [6, 6.07) is 0.135. The zero-order valence-corrected chi connectivity index (χ0v) is 15.8. The van der Waals surface area contributed by atoms with E-state index >= 15 is 0 Å². The minimum absolute atomic E-state index is 0.135. The van der Waals surface area contributed by atoms with E-state index in [9.17, 15) is 4.79 Å². The molecule has 2 aliphatic heterocycles.